The van der Waals surface area contributed by atoms with Crippen LogP contribution in [0.25, 0.3) is 0 Å². The van der Waals surface area contributed by atoms with Gasteiger partial charge in [-0.3, -0.25) is 4.79 Å². The summed E-state index contributed by atoms with van der Waals surface area (Å²) in [6.07, 6.45) is 12.3. The van der Waals surface area contributed by atoms with Crippen LogP contribution >= 0.6 is 0 Å². The predicted molar refractivity (Wildman–Crippen MR) is 61.2 cm³/mol. The van der Waals surface area contributed by atoms with Crippen LogP contribution in [0.1, 0.15) is 39.5 Å². The van der Waals surface area contributed by atoms with E-state index >= 15 is 0 Å². The lowest BCUT2D eigenvalue weighted by atomic mass is 10.3. The maximum absolute atomic E-state index is 9.59. The summed E-state index contributed by atoms with van der Waals surface area (Å²) in [5, 5.41) is 8.21. The monoisotopic (exact) mass is 198 g/mol. The van der Waals surface area contributed by atoms with E-state index in [1.54, 1.807) is 6.08 Å². The van der Waals surface area contributed by atoms with Gasteiger partial charge >= 0.3 is 0 Å². The van der Waals surface area contributed by atoms with Crippen LogP contribution in [0.15, 0.2) is 24.3 Å². The molecule has 0 bridgehead atoms. The number of rotatable bonds is 6. The standard InChI is InChI=1S/C6H12O.C6H10O/c2*1-2-3-4-5-6-7/h4-5,7H,2-3,6H2,1H3;4-6H,2-3H2,1H3/b;5-4+. The van der Waals surface area contributed by atoms with E-state index in [2.05, 4.69) is 13.8 Å². The van der Waals surface area contributed by atoms with Crippen LogP contribution in [0.2, 0.25) is 0 Å². The molecule has 0 saturated heterocycles. The Morgan fingerprint density at radius 1 is 1.00 bits per heavy atom. The van der Waals surface area contributed by atoms with Crippen LogP contribution in [0.4, 0.5) is 0 Å². The molecule has 0 saturated carbocycles. The van der Waals surface area contributed by atoms with Gasteiger partial charge in [0.25, 0.3) is 0 Å². The number of hydrogen-bond acceptors (Lipinski definition) is 2. The fourth-order valence-electron chi connectivity index (χ4n) is 0.678. The quantitative estimate of drug-likeness (QED) is 0.405. The van der Waals surface area contributed by atoms with E-state index in [4.69, 9.17) is 5.11 Å². The molecule has 1 N–H and O–H groups in total. The van der Waals surface area contributed by atoms with Gasteiger partial charge in [0, 0.05) is 0 Å². The first-order valence-electron chi connectivity index (χ1n) is 5.19. The zero-order chi connectivity index (χ0) is 11.1. The van der Waals surface area contributed by atoms with Gasteiger partial charge in [0.2, 0.25) is 0 Å². The van der Waals surface area contributed by atoms with E-state index in [0.717, 1.165) is 32.0 Å². The first kappa shape index (κ1) is 15.6. The Bertz CT molecular complexity index is 148. The molecule has 2 nitrogen and oxygen atoms in total. The first-order valence-corrected chi connectivity index (χ1v) is 5.19. The van der Waals surface area contributed by atoms with Crippen LogP contribution in [-0.2, 0) is 4.79 Å². The van der Waals surface area contributed by atoms with Crippen molar-refractivity contribution >= 4 is 6.29 Å². The molecule has 0 unspecified atom stereocenters. The number of aldehydes is 1. The summed E-state index contributed by atoms with van der Waals surface area (Å²) in [4.78, 5) is 9.59. The molecule has 0 aliphatic carbocycles. The Labute approximate surface area is 87.3 Å². The number of unbranched alkanes of at least 4 members (excludes halogenated alkanes) is 2. The van der Waals surface area contributed by atoms with E-state index < -0.39 is 0 Å². The number of aliphatic hydroxyl groups is 1. The van der Waals surface area contributed by atoms with Gasteiger partial charge in [-0.15, -0.1) is 0 Å². The molecule has 0 amide bonds. The van der Waals surface area contributed by atoms with Gasteiger partial charge in [-0.25, -0.2) is 0 Å². The van der Waals surface area contributed by atoms with Gasteiger partial charge in [0.15, 0.2) is 0 Å². The molecule has 14 heavy (non-hydrogen) atoms. The topological polar surface area (TPSA) is 37.3 Å². The lowest BCUT2D eigenvalue weighted by molar-refractivity contribution is -0.104. The molecule has 0 rings (SSSR count). The second-order valence-electron chi connectivity index (χ2n) is 2.80. The number of carbonyl (C=O) groups excluding carboxylic acids is 1. The Morgan fingerprint density at radius 2 is 1.57 bits per heavy atom. The smallest absolute Gasteiger partial charge is 0.142 e. The van der Waals surface area contributed by atoms with Crippen molar-refractivity contribution in [1.29, 1.82) is 0 Å². The zero-order valence-electron chi connectivity index (χ0n) is 9.28. The molecule has 0 radical (unpaired) electrons. The number of aliphatic hydroxyl groups excluding tert-OH is 1. The van der Waals surface area contributed by atoms with Crippen molar-refractivity contribution in [2.75, 3.05) is 6.61 Å². The minimum Gasteiger partial charge on any atom is -0.392 e. The largest absolute Gasteiger partial charge is 0.392 e. The van der Waals surface area contributed by atoms with Crippen LogP contribution in [0, 0.1) is 0 Å². The average Bonchev–Trinajstić information content (AvgIpc) is 2.21. The highest BCUT2D eigenvalue weighted by molar-refractivity contribution is 5.64. The maximum Gasteiger partial charge on any atom is 0.142 e. The van der Waals surface area contributed by atoms with Gasteiger partial charge in [0.05, 0.1) is 6.61 Å². The molecule has 0 aliphatic heterocycles. The fraction of sp³-hybridized carbons (Fsp3) is 0.583. The summed E-state index contributed by atoms with van der Waals surface area (Å²) < 4.78 is 0. The van der Waals surface area contributed by atoms with Crippen LogP contribution in [0.5, 0.6) is 0 Å². The number of allylic oxidation sites excluding steroid dienone is 3. The number of carbonyl (C=O) groups is 1. The van der Waals surface area contributed by atoms with E-state index in [1.807, 2.05) is 12.2 Å². The fourth-order valence-corrected chi connectivity index (χ4v) is 0.678. The summed E-state index contributed by atoms with van der Waals surface area (Å²) in [6, 6.07) is 0. The first-order chi connectivity index (χ1) is 6.83. The van der Waals surface area contributed by atoms with Crippen molar-refractivity contribution in [3.63, 3.8) is 0 Å². The normalized spacial score (nSPS) is 10.2. The van der Waals surface area contributed by atoms with Crippen LogP contribution in [0.3, 0.4) is 0 Å². The van der Waals surface area contributed by atoms with E-state index in [-0.39, 0.29) is 6.61 Å². The number of hydrogen-bond donors (Lipinski definition) is 1. The van der Waals surface area contributed by atoms with E-state index in [9.17, 15) is 4.79 Å². The maximum atomic E-state index is 9.59. The third-order valence-corrected chi connectivity index (χ3v) is 1.40. The van der Waals surface area contributed by atoms with Crippen LogP contribution in [-0.4, -0.2) is 18.0 Å². The Balaban J connectivity index is 0. The van der Waals surface area contributed by atoms with Gasteiger partial charge in [0.1, 0.15) is 6.29 Å². The molecule has 0 aromatic heterocycles. The van der Waals surface area contributed by atoms with Crippen molar-refractivity contribution in [3.8, 4) is 0 Å². The van der Waals surface area contributed by atoms with Gasteiger partial charge in [-0.1, -0.05) is 44.9 Å². The summed E-state index contributed by atoms with van der Waals surface area (Å²) >= 11 is 0. The Hall–Kier alpha value is -0.890. The van der Waals surface area contributed by atoms with Gasteiger partial charge in [-0.05, 0) is 18.9 Å². The molecule has 0 spiro atoms. The molecule has 2 heteroatoms. The average molecular weight is 198 g/mol. The van der Waals surface area contributed by atoms with E-state index in [0.29, 0.717) is 0 Å². The highest BCUT2D eigenvalue weighted by Crippen LogP contribution is 1.86. The molecule has 0 aliphatic rings. The molecule has 0 aromatic rings. The summed E-state index contributed by atoms with van der Waals surface area (Å²) in [6.45, 7) is 4.37. The highest BCUT2D eigenvalue weighted by Gasteiger charge is 1.68. The van der Waals surface area contributed by atoms with E-state index in [1.165, 1.54) is 6.08 Å². The van der Waals surface area contributed by atoms with Gasteiger partial charge < -0.3 is 5.11 Å². The molecule has 0 heterocycles. The van der Waals surface area contributed by atoms with Crippen LogP contribution < -0.4 is 0 Å². The third-order valence-electron chi connectivity index (χ3n) is 1.40. The molecule has 0 aromatic carbocycles. The Morgan fingerprint density at radius 3 is 2.00 bits per heavy atom. The SMILES string of the molecule is CCC/C=C/C=O.CCCC=CCO. The molecule has 0 fully saturated rings. The molecular formula is C12H22O2. The third kappa shape index (κ3) is 22.5. The highest BCUT2D eigenvalue weighted by atomic mass is 16.2. The summed E-state index contributed by atoms with van der Waals surface area (Å²) in [5.41, 5.74) is 0. The Kier molecular flexibility index (Phi) is 20.0. The summed E-state index contributed by atoms with van der Waals surface area (Å²) in [7, 11) is 0. The van der Waals surface area contributed by atoms with Crippen molar-refractivity contribution in [2.45, 2.75) is 39.5 Å². The lowest BCUT2D eigenvalue weighted by Crippen LogP contribution is -1.69. The van der Waals surface area contributed by atoms with Crippen molar-refractivity contribution in [3.05, 3.63) is 24.3 Å². The predicted octanol–water partition coefficient (Wildman–Crippen LogP) is 2.88. The minimum atomic E-state index is 0.181. The van der Waals surface area contributed by atoms with Crippen molar-refractivity contribution in [2.24, 2.45) is 0 Å². The lowest BCUT2D eigenvalue weighted by Gasteiger charge is -1.79. The molecule has 0 atom stereocenters. The van der Waals surface area contributed by atoms with Crippen molar-refractivity contribution in [1.82, 2.24) is 0 Å². The molecular weight excluding hydrogens is 176 g/mol. The minimum absolute atomic E-state index is 0.181. The second kappa shape index (κ2) is 18.0. The second-order valence-corrected chi connectivity index (χ2v) is 2.80. The van der Waals surface area contributed by atoms with Gasteiger partial charge in [-0.2, -0.15) is 0 Å². The molecule has 82 valence electrons. The van der Waals surface area contributed by atoms with Crippen molar-refractivity contribution < 1.29 is 9.90 Å². The zero-order valence-corrected chi connectivity index (χ0v) is 9.28. The summed E-state index contributed by atoms with van der Waals surface area (Å²) in [5.74, 6) is 0.